The maximum atomic E-state index is 12.1. The highest BCUT2D eigenvalue weighted by Crippen LogP contribution is 2.19. The monoisotopic (exact) mass is 391 g/mol. The van der Waals surface area contributed by atoms with Crippen molar-refractivity contribution in [3.05, 3.63) is 42.0 Å². The summed E-state index contributed by atoms with van der Waals surface area (Å²) in [5.41, 5.74) is 0.167. The fourth-order valence-corrected chi connectivity index (χ4v) is 2.34. The molecule has 28 heavy (non-hydrogen) atoms. The normalized spacial score (nSPS) is 13.1. The number of rotatable bonds is 7. The van der Waals surface area contributed by atoms with Crippen LogP contribution in [0.3, 0.4) is 0 Å². The van der Waals surface area contributed by atoms with Gasteiger partial charge in [0.15, 0.2) is 0 Å². The van der Waals surface area contributed by atoms with Crippen molar-refractivity contribution in [1.82, 2.24) is 5.32 Å². The fraction of sp³-hybridized carbons (Fsp3) is 0.545. The Hall–Kier alpha value is -2.50. The maximum absolute atomic E-state index is 12.1. The van der Waals surface area contributed by atoms with Crippen molar-refractivity contribution >= 4 is 12.1 Å². The third-order valence-corrected chi connectivity index (χ3v) is 3.39. The average Bonchev–Trinajstić information content (AvgIpc) is 2.53. The molecule has 1 atom stereocenters. The Balaban J connectivity index is 2.83. The van der Waals surface area contributed by atoms with Crippen molar-refractivity contribution < 1.29 is 23.8 Å². The van der Waals surface area contributed by atoms with Crippen molar-refractivity contribution in [3.8, 4) is 5.75 Å². The minimum Gasteiger partial charge on any atom is -0.488 e. The van der Waals surface area contributed by atoms with Gasteiger partial charge in [-0.2, -0.15) is 0 Å². The molecule has 0 aliphatic heterocycles. The highest BCUT2D eigenvalue weighted by atomic mass is 16.6. The molecular weight excluding hydrogens is 358 g/mol. The molecule has 0 fully saturated rings. The molecule has 0 unspecified atom stereocenters. The summed E-state index contributed by atoms with van der Waals surface area (Å²) in [6, 6.07) is 7.40. The number of amides is 1. The molecule has 0 bridgehead atoms. The SMILES string of the molecule is COC(=O)C/C=C/[C@H](Cc1ccc(OC(C)(C)C)cc1)NC(=O)OC(C)(C)C. The number of hydrogen-bond acceptors (Lipinski definition) is 5. The summed E-state index contributed by atoms with van der Waals surface area (Å²) in [6.45, 7) is 11.4. The van der Waals surface area contributed by atoms with E-state index in [1.807, 2.05) is 65.8 Å². The minimum atomic E-state index is -0.587. The quantitative estimate of drug-likeness (QED) is 0.550. The van der Waals surface area contributed by atoms with Crippen LogP contribution in [-0.2, 0) is 20.7 Å². The van der Waals surface area contributed by atoms with E-state index in [9.17, 15) is 9.59 Å². The number of carbonyl (C=O) groups is 2. The number of benzene rings is 1. The second-order valence-corrected chi connectivity index (χ2v) is 8.52. The number of methoxy groups -OCH3 is 1. The van der Waals surface area contributed by atoms with E-state index in [1.54, 1.807) is 12.2 Å². The van der Waals surface area contributed by atoms with Crippen LogP contribution in [0.4, 0.5) is 4.79 Å². The minimum absolute atomic E-state index is 0.140. The number of ether oxygens (including phenoxy) is 3. The van der Waals surface area contributed by atoms with Gasteiger partial charge in [-0.3, -0.25) is 4.79 Å². The lowest BCUT2D eigenvalue weighted by molar-refractivity contribution is -0.139. The molecule has 1 aromatic rings. The highest BCUT2D eigenvalue weighted by molar-refractivity contribution is 5.71. The average molecular weight is 392 g/mol. The smallest absolute Gasteiger partial charge is 0.408 e. The third kappa shape index (κ3) is 10.6. The largest absolute Gasteiger partial charge is 0.488 e. The van der Waals surface area contributed by atoms with Crippen LogP contribution in [0.25, 0.3) is 0 Å². The topological polar surface area (TPSA) is 73.9 Å². The zero-order valence-corrected chi connectivity index (χ0v) is 18.0. The Bertz CT molecular complexity index is 666. The zero-order chi connectivity index (χ0) is 21.4. The van der Waals surface area contributed by atoms with Gasteiger partial charge in [0, 0.05) is 0 Å². The van der Waals surface area contributed by atoms with Gasteiger partial charge < -0.3 is 19.5 Å². The summed E-state index contributed by atoms with van der Waals surface area (Å²) in [6.07, 6.45) is 3.65. The molecule has 0 aromatic heterocycles. The predicted octanol–water partition coefficient (Wildman–Crippen LogP) is 4.42. The Morgan fingerprint density at radius 2 is 1.64 bits per heavy atom. The first-order valence-corrected chi connectivity index (χ1v) is 9.39. The molecule has 1 aromatic carbocycles. The summed E-state index contributed by atoms with van der Waals surface area (Å²) in [5, 5.41) is 2.84. The molecule has 0 saturated heterocycles. The number of esters is 1. The molecule has 6 nitrogen and oxygen atoms in total. The molecule has 6 heteroatoms. The Labute approximate surface area is 168 Å². The lowest BCUT2D eigenvalue weighted by atomic mass is 10.0. The van der Waals surface area contributed by atoms with E-state index in [2.05, 4.69) is 10.1 Å². The van der Waals surface area contributed by atoms with Crippen LogP contribution in [0.5, 0.6) is 5.75 Å². The molecule has 1 amide bonds. The predicted molar refractivity (Wildman–Crippen MR) is 109 cm³/mol. The summed E-state index contributed by atoms with van der Waals surface area (Å²) in [4.78, 5) is 23.5. The van der Waals surface area contributed by atoms with E-state index in [1.165, 1.54) is 7.11 Å². The number of carbonyl (C=O) groups excluding carboxylic acids is 2. The van der Waals surface area contributed by atoms with Crippen molar-refractivity contribution in [1.29, 1.82) is 0 Å². The number of nitrogens with one attached hydrogen (secondary N) is 1. The molecule has 0 radical (unpaired) electrons. The van der Waals surface area contributed by atoms with Crippen molar-refractivity contribution in [2.45, 2.75) is 71.6 Å². The standard InChI is InChI=1S/C22H33NO5/c1-21(2,3)27-18-13-11-16(12-14-18)15-17(9-8-10-19(24)26-7)23-20(25)28-22(4,5)6/h8-9,11-14,17H,10,15H2,1-7H3,(H,23,25)/b9-8+/t17-/m1/s1. The number of hydrogen-bond donors (Lipinski definition) is 1. The van der Waals surface area contributed by atoms with E-state index >= 15 is 0 Å². The van der Waals surface area contributed by atoms with E-state index in [0.717, 1.165) is 11.3 Å². The van der Waals surface area contributed by atoms with Crippen LogP contribution < -0.4 is 10.1 Å². The van der Waals surface area contributed by atoms with E-state index < -0.39 is 11.7 Å². The van der Waals surface area contributed by atoms with Gasteiger partial charge in [-0.05, 0) is 65.7 Å². The van der Waals surface area contributed by atoms with Gasteiger partial charge in [-0.15, -0.1) is 0 Å². The Morgan fingerprint density at radius 3 is 2.14 bits per heavy atom. The zero-order valence-electron chi connectivity index (χ0n) is 18.0. The number of alkyl carbamates (subject to hydrolysis) is 1. The first-order chi connectivity index (χ1) is 12.9. The highest BCUT2D eigenvalue weighted by Gasteiger charge is 2.19. The van der Waals surface area contributed by atoms with Crippen molar-refractivity contribution in [2.75, 3.05) is 7.11 Å². The molecule has 0 saturated carbocycles. The van der Waals surface area contributed by atoms with Gasteiger partial charge in [0.05, 0.1) is 19.6 Å². The molecular formula is C22H33NO5. The molecule has 0 heterocycles. The van der Waals surface area contributed by atoms with E-state index in [0.29, 0.717) is 6.42 Å². The Kier molecular flexibility index (Phi) is 8.54. The summed E-state index contributed by atoms with van der Waals surface area (Å²) in [7, 11) is 1.34. The summed E-state index contributed by atoms with van der Waals surface area (Å²) < 4.78 is 15.8. The first-order valence-electron chi connectivity index (χ1n) is 9.39. The van der Waals surface area contributed by atoms with Crippen molar-refractivity contribution in [2.24, 2.45) is 0 Å². The molecule has 156 valence electrons. The van der Waals surface area contributed by atoms with Gasteiger partial charge in [0.1, 0.15) is 17.0 Å². The van der Waals surface area contributed by atoms with Crippen LogP contribution in [-0.4, -0.2) is 36.4 Å². The summed E-state index contributed by atoms with van der Waals surface area (Å²) in [5.74, 6) is 0.449. The molecule has 1 N–H and O–H groups in total. The first kappa shape index (κ1) is 23.5. The lowest BCUT2D eigenvalue weighted by Crippen LogP contribution is -2.39. The van der Waals surface area contributed by atoms with Gasteiger partial charge in [0.2, 0.25) is 0 Å². The van der Waals surface area contributed by atoms with Crippen LogP contribution in [0, 0.1) is 0 Å². The second kappa shape index (κ2) is 10.2. The maximum Gasteiger partial charge on any atom is 0.408 e. The second-order valence-electron chi connectivity index (χ2n) is 8.52. The van der Waals surface area contributed by atoms with E-state index in [-0.39, 0.29) is 24.0 Å². The van der Waals surface area contributed by atoms with E-state index in [4.69, 9.17) is 9.47 Å². The van der Waals surface area contributed by atoms with Crippen molar-refractivity contribution in [3.63, 3.8) is 0 Å². The fourth-order valence-electron chi connectivity index (χ4n) is 2.34. The Morgan fingerprint density at radius 1 is 1.04 bits per heavy atom. The van der Waals surface area contributed by atoms with Crippen LogP contribution >= 0.6 is 0 Å². The van der Waals surface area contributed by atoms with Gasteiger partial charge in [-0.1, -0.05) is 24.3 Å². The van der Waals surface area contributed by atoms with Crippen LogP contribution in [0.15, 0.2) is 36.4 Å². The van der Waals surface area contributed by atoms with Gasteiger partial charge in [-0.25, -0.2) is 4.79 Å². The molecule has 0 spiro atoms. The third-order valence-electron chi connectivity index (χ3n) is 3.39. The molecule has 1 rings (SSSR count). The molecule has 0 aliphatic carbocycles. The van der Waals surface area contributed by atoms with Crippen LogP contribution in [0.2, 0.25) is 0 Å². The molecule has 0 aliphatic rings. The summed E-state index contributed by atoms with van der Waals surface area (Å²) >= 11 is 0. The van der Waals surface area contributed by atoms with Gasteiger partial charge >= 0.3 is 12.1 Å². The lowest BCUT2D eigenvalue weighted by Gasteiger charge is -2.23. The van der Waals surface area contributed by atoms with Crippen LogP contribution in [0.1, 0.15) is 53.5 Å². The van der Waals surface area contributed by atoms with Gasteiger partial charge in [0.25, 0.3) is 0 Å².